The zero-order valence-corrected chi connectivity index (χ0v) is 11.8. The summed E-state index contributed by atoms with van der Waals surface area (Å²) in [6, 6.07) is 1.41. The van der Waals surface area contributed by atoms with E-state index in [2.05, 4.69) is 0 Å². The first-order valence-corrected chi connectivity index (χ1v) is 7.08. The van der Waals surface area contributed by atoms with Crippen molar-refractivity contribution in [3.63, 3.8) is 0 Å². The second-order valence-electron chi connectivity index (χ2n) is 5.83. The van der Waals surface area contributed by atoms with Crippen LogP contribution in [-0.4, -0.2) is 28.4 Å². The highest BCUT2D eigenvalue weighted by atomic mass is 16.5. The van der Waals surface area contributed by atoms with Gasteiger partial charge in [0.25, 0.3) is 5.56 Å². The van der Waals surface area contributed by atoms with E-state index < -0.39 is 5.97 Å². The number of aryl methyl sites for hydroxylation is 1. The van der Waals surface area contributed by atoms with Gasteiger partial charge < -0.3 is 14.4 Å². The summed E-state index contributed by atoms with van der Waals surface area (Å²) in [5.41, 5.74) is 1.19. The van der Waals surface area contributed by atoms with Crippen LogP contribution in [0, 0.1) is 19.8 Å². The molecule has 0 spiro atoms. The molecule has 5 heteroatoms. The van der Waals surface area contributed by atoms with Crippen molar-refractivity contribution in [1.82, 2.24) is 4.57 Å². The maximum absolute atomic E-state index is 12.3. The molecular formula is C15H19NO4. The molecule has 2 aliphatic rings. The minimum atomic E-state index is -0.976. The molecule has 1 aliphatic carbocycles. The largest absolute Gasteiger partial charge is 0.478 e. The van der Waals surface area contributed by atoms with Gasteiger partial charge in [-0.2, -0.15) is 0 Å². The maximum atomic E-state index is 12.3. The van der Waals surface area contributed by atoms with Gasteiger partial charge in [0.2, 0.25) is 0 Å². The molecule has 0 aromatic carbocycles. The fourth-order valence-corrected chi connectivity index (χ4v) is 3.38. The first kappa shape index (κ1) is 13.4. The van der Waals surface area contributed by atoms with Gasteiger partial charge in [-0.25, -0.2) is 4.79 Å². The summed E-state index contributed by atoms with van der Waals surface area (Å²) in [5, 5.41) is 9.35. The number of pyridine rings is 1. The summed E-state index contributed by atoms with van der Waals surface area (Å²) in [5.74, 6) is -0.445. The van der Waals surface area contributed by atoms with Gasteiger partial charge in [-0.1, -0.05) is 0 Å². The van der Waals surface area contributed by atoms with Crippen molar-refractivity contribution in [2.75, 3.05) is 6.61 Å². The summed E-state index contributed by atoms with van der Waals surface area (Å²) < 4.78 is 7.42. The van der Waals surface area contributed by atoms with Gasteiger partial charge in [-0.3, -0.25) is 4.79 Å². The molecule has 2 heterocycles. The lowest BCUT2D eigenvalue weighted by atomic mass is 10.0. The van der Waals surface area contributed by atoms with Crippen molar-refractivity contribution in [2.24, 2.45) is 5.92 Å². The predicted octanol–water partition coefficient (Wildman–Crippen LogP) is 1.90. The number of carboxylic acids is 1. The Bertz CT molecular complexity index is 615. The average Bonchev–Trinajstić information content (AvgIpc) is 3.08. The monoisotopic (exact) mass is 277 g/mol. The summed E-state index contributed by atoms with van der Waals surface area (Å²) in [7, 11) is 0. The zero-order chi connectivity index (χ0) is 14.4. The third kappa shape index (κ3) is 2.06. The number of hydrogen-bond acceptors (Lipinski definition) is 3. The van der Waals surface area contributed by atoms with Crippen LogP contribution >= 0.6 is 0 Å². The van der Waals surface area contributed by atoms with Crippen LogP contribution in [0.3, 0.4) is 0 Å². The number of carbonyl (C=O) groups is 1. The lowest BCUT2D eigenvalue weighted by Crippen LogP contribution is -2.34. The zero-order valence-electron chi connectivity index (χ0n) is 11.8. The molecule has 0 bridgehead atoms. The second kappa shape index (κ2) is 4.74. The van der Waals surface area contributed by atoms with E-state index in [1.165, 1.54) is 6.07 Å². The fourth-order valence-electron chi connectivity index (χ4n) is 3.38. The van der Waals surface area contributed by atoms with Crippen LogP contribution in [0.5, 0.6) is 0 Å². The molecule has 108 valence electrons. The molecule has 0 amide bonds. The van der Waals surface area contributed by atoms with Crippen LogP contribution in [0.2, 0.25) is 0 Å². The van der Waals surface area contributed by atoms with Crippen LogP contribution in [0.15, 0.2) is 10.9 Å². The van der Waals surface area contributed by atoms with Crippen LogP contribution in [0.4, 0.5) is 0 Å². The van der Waals surface area contributed by atoms with E-state index in [9.17, 15) is 14.7 Å². The Morgan fingerprint density at radius 2 is 2.05 bits per heavy atom. The van der Waals surface area contributed by atoms with E-state index >= 15 is 0 Å². The Balaban J connectivity index is 2.11. The number of carboxylic acid groups (broad SMARTS) is 1. The van der Waals surface area contributed by atoms with Crippen molar-refractivity contribution in [3.8, 4) is 0 Å². The quantitative estimate of drug-likeness (QED) is 0.916. The molecule has 1 aromatic rings. The first-order chi connectivity index (χ1) is 9.50. The smallest absolute Gasteiger partial charge is 0.337 e. The van der Waals surface area contributed by atoms with E-state index in [4.69, 9.17) is 4.74 Å². The molecule has 20 heavy (non-hydrogen) atoms. The summed E-state index contributed by atoms with van der Waals surface area (Å²) in [6.07, 6.45) is 3.14. The topological polar surface area (TPSA) is 68.5 Å². The van der Waals surface area contributed by atoms with Gasteiger partial charge >= 0.3 is 5.97 Å². The third-order valence-electron chi connectivity index (χ3n) is 4.43. The summed E-state index contributed by atoms with van der Waals surface area (Å²) in [6.45, 7) is 4.04. The number of ether oxygens (including phenoxy) is 1. The highest BCUT2D eigenvalue weighted by Crippen LogP contribution is 2.43. The van der Waals surface area contributed by atoms with E-state index in [-0.39, 0.29) is 23.3 Å². The van der Waals surface area contributed by atoms with Gasteiger partial charge in [0.05, 0.1) is 17.7 Å². The van der Waals surface area contributed by atoms with Gasteiger partial charge in [0.1, 0.15) is 0 Å². The molecule has 1 saturated carbocycles. The van der Waals surface area contributed by atoms with Gasteiger partial charge in [-0.05, 0) is 44.6 Å². The number of rotatable bonds is 3. The fraction of sp³-hybridized carbons (Fsp3) is 0.600. The first-order valence-electron chi connectivity index (χ1n) is 7.08. The molecule has 1 aromatic heterocycles. The Hall–Kier alpha value is -1.62. The van der Waals surface area contributed by atoms with Crippen LogP contribution in [-0.2, 0) is 4.74 Å². The average molecular weight is 277 g/mol. The van der Waals surface area contributed by atoms with Gasteiger partial charge in [-0.15, -0.1) is 0 Å². The molecule has 2 atom stereocenters. The molecule has 3 rings (SSSR count). The molecule has 5 nitrogen and oxygen atoms in total. The second-order valence-corrected chi connectivity index (χ2v) is 5.83. The minimum absolute atomic E-state index is 0.0197. The van der Waals surface area contributed by atoms with Crippen LogP contribution in [0.1, 0.15) is 46.9 Å². The number of aromatic nitrogens is 1. The highest BCUT2D eigenvalue weighted by molar-refractivity contribution is 5.90. The van der Waals surface area contributed by atoms with E-state index in [0.29, 0.717) is 23.8 Å². The normalized spacial score (nSPS) is 25.9. The summed E-state index contributed by atoms with van der Waals surface area (Å²) >= 11 is 0. The Labute approximate surface area is 117 Å². The molecule has 2 fully saturated rings. The molecule has 1 aliphatic heterocycles. The Morgan fingerprint density at radius 3 is 2.65 bits per heavy atom. The SMILES string of the molecule is Cc1cc(=O)n(C2CCOC2C2CC2)c(C)c1C(=O)O. The summed E-state index contributed by atoms with van der Waals surface area (Å²) in [4.78, 5) is 23.7. The van der Waals surface area contributed by atoms with Gasteiger partial charge in [0.15, 0.2) is 0 Å². The van der Waals surface area contributed by atoms with Gasteiger partial charge in [0, 0.05) is 18.4 Å². The van der Waals surface area contributed by atoms with Crippen molar-refractivity contribution in [1.29, 1.82) is 0 Å². The van der Waals surface area contributed by atoms with E-state index in [0.717, 1.165) is 19.3 Å². The standard InChI is InChI=1S/C15H19NO4/c1-8-7-12(17)16(9(2)13(8)15(18)19)11-5-6-20-14(11)10-3-4-10/h7,10-11,14H,3-6H2,1-2H3,(H,18,19). The van der Waals surface area contributed by atoms with Crippen molar-refractivity contribution in [3.05, 3.63) is 33.2 Å². The van der Waals surface area contributed by atoms with E-state index in [1.807, 2.05) is 0 Å². The van der Waals surface area contributed by atoms with E-state index in [1.54, 1.807) is 18.4 Å². The highest BCUT2D eigenvalue weighted by Gasteiger charge is 2.42. The predicted molar refractivity (Wildman–Crippen MR) is 73.3 cm³/mol. The van der Waals surface area contributed by atoms with Crippen molar-refractivity contribution < 1.29 is 14.6 Å². The molecule has 1 saturated heterocycles. The molecule has 2 unspecified atom stereocenters. The lowest BCUT2D eigenvalue weighted by Gasteiger charge is -2.24. The van der Waals surface area contributed by atoms with Crippen molar-refractivity contribution >= 4 is 5.97 Å². The third-order valence-corrected chi connectivity index (χ3v) is 4.43. The molecule has 1 N–H and O–H groups in total. The van der Waals surface area contributed by atoms with Crippen molar-refractivity contribution in [2.45, 2.75) is 45.3 Å². The minimum Gasteiger partial charge on any atom is -0.478 e. The van der Waals surface area contributed by atoms with Crippen LogP contribution in [0.25, 0.3) is 0 Å². The Morgan fingerprint density at radius 1 is 1.35 bits per heavy atom. The number of nitrogens with zero attached hydrogens (tertiary/aromatic N) is 1. The van der Waals surface area contributed by atoms with Crippen LogP contribution < -0.4 is 5.56 Å². The Kier molecular flexibility index (Phi) is 3.17. The maximum Gasteiger partial charge on any atom is 0.337 e. The lowest BCUT2D eigenvalue weighted by molar-refractivity contribution is 0.0682. The molecule has 0 radical (unpaired) electrons. The number of aromatic carboxylic acids is 1. The molecular weight excluding hydrogens is 258 g/mol. The number of hydrogen-bond donors (Lipinski definition) is 1.